The number of halogens is 3. The minimum Gasteiger partial charge on any atom is -0.326 e. The summed E-state index contributed by atoms with van der Waals surface area (Å²) in [5, 5.41) is 12.8. The van der Waals surface area contributed by atoms with Gasteiger partial charge in [-0.05, 0) is 37.3 Å². The summed E-state index contributed by atoms with van der Waals surface area (Å²) in [5.74, 6) is -1.31. The molecule has 0 aliphatic carbocycles. The van der Waals surface area contributed by atoms with E-state index in [2.05, 4.69) is 20.8 Å². The molecule has 0 unspecified atom stereocenters. The van der Waals surface area contributed by atoms with Gasteiger partial charge < -0.3 is 10.6 Å². The van der Waals surface area contributed by atoms with Gasteiger partial charge in [0.15, 0.2) is 5.16 Å². The van der Waals surface area contributed by atoms with E-state index < -0.39 is 29.2 Å². The predicted molar refractivity (Wildman–Crippen MR) is 111 cm³/mol. The molecule has 0 saturated carbocycles. The number of amides is 2. The van der Waals surface area contributed by atoms with E-state index >= 15 is 0 Å². The van der Waals surface area contributed by atoms with Crippen LogP contribution in [0.3, 0.4) is 0 Å². The molecular weight excluding hydrogens is 431 g/mol. The molecule has 2 amide bonds. The summed E-state index contributed by atoms with van der Waals surface area (Å²) in [7, 11) is 0. The lowest BCUT2D eigenvalue weighted by Gasteiger charge is -2.15. The molecule has 0 spiro atoms. The van der Waals surface area contributed by atoms with Crippen LogP contribution in [0.25, 0.3) is 5.69 Å². The number of carbonyl (C=O) groups is 2. The molecule has 0 fully saturated rings. The third-order valence-electron chi connectivity index (χ3n) is 4.08. The molecular formula is C20H18F3N5O2S. The molecule has 0 saturated heterocycles. The highest BCUT2D eigenvalue weighted by Gasteiger charge is 2.34. The van der Waals surface area contributed by atoms with Crippen LogP contribution in [0, 0.1) is 6.92 Å². The molecule has 3 rings (SSSR count). The van der Waals surface area contributed by atoms with Crippen LogP contribution in [0.2, 0.25) is 0 Å². The average molecular weight is 449 g/mol. The SMILES string of the molecule is CC(=O)Nc1ccc(NC(=O)CSc2nncn2-c2ccc(C)cc2)c(C(F)(F)F)c1. The summed E-state index contributed by atoms with van der Waals surface area (Å²) < 4.78 is 41.9. The quantitative estimate of drug-likeness (QED) is 0.549. The molecule has 0 bridgehead atoms. The summed E-state index contributed by atoms with van der Waals surface area (Å²) in [6.45, 7) is 3.14. The number of anilines is 2. The van der Waals surface area contributed by atoms with Crippen LogP contribution in [-0.2, 0) is 15.8 Å². The van der Waals surface area contributed by atoms with E-state index in [1.54, 1.807) is 4.57 Å². The second-order valence-corrected chi connectivity index (χ2v) is 7.54. The van der Waals surface area contributed by atoms with Crippen LogP contribution >= 0.6 is 11.8 Å². The number of nitrogens with one attached hydrogen (secondary N) is 2. The monoisotopic (exact) mass is 449 g/mol. The Labute approximate surface area is 180 Å². The van der Waals surface area contributed by atoms with Crippen molar-refractivity contribution in [2.24, 2.45) is 0 Å². The minimum absolute atomic E-state index is 0.0154. The maximum atomic E-state index is 13.4. The van der Waals surface area contributed by atoms with Crippen LogP contribution in [0.5, 0.6) is 0 Å². The Hall–Kier alpha value is -3.34. The first kappa shape index (κ1) is 22.3. The zero-order chi connectivity index (χ0) is 22.6. The fraction of sp³-hybridized carbons (Fsp3) is 0.200. The van der Waals surface area contributed by atoms with Gasteiger partial charge in [0.25, 0.3) is 0 Å². The highest BCUT2D eigenvalue weighted by Crippen LogP contribution is 2.36. The standard InChI is InChI=1S/C20H18F3N5O2S/c1-12-3-6-15(7-4-12)28-11-24-27-19(28)31-10-18(30)26-17-8-5-14(25-13(2)29)9-16(17)20(21,22)23/h3-9,11H,10H2,1-2H3,(H,25,29)(H,26,30). The second kappa shape index (κ2) is 9.21. The van der Waals surface area contributed by atoms with Crippen LogP contribution in [0.4, 0.5) is 24.5 Å². The van der Waals surface area contributed by atoms with E-state index in [0.717, 1.165) is 35.1 Å². The Morgan fingerprint density at radius 1 is 1.10 bits per heavy atom. The number of alkyl halides is 3. The summed E-state index contributed by atoms with van der Waals surface area (Å²) in [6, 6.07) is 10.7. The number of aromatic nitrogens is 3. The first-order chi connectivity index (χ1) is 14.6. The number of carbonyl (C=O) groups excluding carboxylic acids is 2. The third kappa shape index (κ3) is 5.85. The summed E-state index contributed by atoms with van der Waals surface area (Å²) in [4.78, 5) is 23.4. The fourth-order valence-corrected chi connectivity index (χ4v) is 3.42. The van der Waals surface area contributed by atoms with Crippen molar-refractivity contribution >= 4 is 35.0 Å². The number of benzene rings is 2. The van der Waals surface area contributed by atoms with Crippen molar-refractivity contribution < 1.29 is 22.8 Å². The van der Waals surface area contributed by atoms with Crippen LogP contribution in [0.15, 0.2) is 53.9 Å². The van der Waals surface area contributed by atoms with Crippen LogP contribution in [0.1, 0.15) is 18.1 Å². The molecule has 1 heterocycles. The molecule has 0 aliphatic heterocycles. The first-order valence-corrected chi connectivity index (χ1v) is 10.0. The molecule has 1 aromatic heterocycles. The molecule has 3 aromatic rings. The van der Waals surface area contributed by atoms with E-state index in [-0.39, 0.29) is 11.4 Å². The van der Waals surface area contributed by atoms with Crippen LogP contribution in [-0.4, -0.2) is 32.3 Å². The highest BCUT2D eigenvalue weighted by molar-refractivity contribution is 7.99. The normalized spacial score (nSPS) is 11.3. The van der Waals surface area contributed by atoms with E-state index in [9.17, 15) is 22.8 Å². The van der Waals surface area contributed by atoms with Gasteiger partial charge in [0.2, 0.25) is 11.8 Å². The van der Waals surface area contributed by atoms with Gasteiger partial charge in [-0.3, -0.25) is 14.2 Å². The van der Waals surface area contributed by atoms with E-state index in [4.69, 9.17) is 0 Å². The Bertz CT molecular complexity index is 1100. The average Bonchev–Trinajstić information content (AvgIpc) is 3.15. The number of nitrogens with zero attached hydrogens (tertiary/aromatic N) is 3. The Morgan fingerprint density at radius 2 is 1.81 bits per heavy atom. The van der Waals surface area contributed by atoms with Crippen molar-refractivity contribution in [3.8, 4) is 5.69 Å². The third-order valence-corrected chi connectivity index (χ3v) is 5.02. The van der Waals surface area contributed by atoms with Crippen LogP contribution < -0.4 is 10.6 Å². The van der Waals surface area contributed by atoms with Gasteiger partial charge in [0.1, 0.15) is 6.33 Å². The molecule has 0 aliphatic rings. The van der Waals surface area contributed by atoms with E-state index in [0.29, 0.717) is 5.16 Å². The van der Waals surface area contributed by atoms with Crippen molar-refractivity contribution in [2.75, 3.05) is 16.4 Å². The van der Waals surface area contributed by atoms with Gasteiger partial charge in [0, 0.05) is 18.3 Å². The minimum atomic E-state index is -4.71. The van der Waals surface area contributed by atoms with Crippen molar-refractivity contribution in [1.29, 1.82) is 0 Å². The maximum Gasteiger partial charge on any atom is 0.418 e. The lowest BCUT2D eigenvalue weighted by atomic mass is 10.1. The lowest BCUT2D eigenvalue weighted by molar-refractivity contribution is -0.137. The first-order valence-electron chi connectivity index (χ1n) is 9.02. The van der Waals surface area contributed by atoms with Crippen molar-refractivity contribution in [1.82, 2.24) is 14.8 Å². The lowest BCUT2D eigenvalue weighted by Crippen LogP contribution is -2.19. The number of thioether (sulfide) groups is 1. The summed E-state index contributed by atoms with van der Waals surface area (Å²) >= 11 is 1.04. The number of hydrogen-bond donors (Lipinski definition) is 2. The number of hydrogen-bond acceptors (Lipinski definition) is 5. The Kier molecular flexibility index (Phi) is 6.64. The topological polar surface area (TPSA) is 88.9 Å². The van der Waals surface area contributed by atoms with E-state index in [1.165, 1.54) is 19.3 Å². The second-order valence-electron chi connectivity index (χ2n) is 6.60. The molecule has 0 radical (unpaired) electrons. The number of aryl methyl sites for hydroxylation is 1. The molecule has 162 valence electrons. The highest BCUT2D eigenvalue weighted by atomic mass is 32.2. The van der Waals surface area contributed by atoms with E-state index in [1.807, 2.05) is 31.2 Å². The molecule has 7 nitrogen and oxygen atoms in total. The Balaban J connectivity index is 1.71. The van der Waals surface area contributed by atoms with Gasteiger partial charge in [-0.25, -0.2) is 0 Å². The van der Waals surface area contributed by atoms with Gasteiger partial charge in [-0.2, -0.15) is 13.2 Å². The zero-order valence-corrected chi connectivity index (χ0v) is 17.3. The smallest absolute Gasteiger partial charge is 0.326 e. The molecule has 0 atom stereocenters. The Morgan fingerprint density at radius 3 is 2.45 bits per heavy atom. The summed E-state index contributed by atoms with van der Waals surface area (Å²) in [6.07, 6.45) is -3.22. The zero-order valence-electron chi connectivity index (χ0n) is 16.5. The van der Waals surface area contributed by atoms with Crippen molar-refractivity contribution in [2.45, 2.75) is 25.2 Å². The fourth-order valence-electron chi connectivity index (χ4n) is 2.69. The maximum absolute atomic E-state index is 13.4. The van der Waals surface area contributed by atoms with Gasteiger partial charge >= 0.3 is 6.18 Å². The van der Waals surface area contributed by atoms with Gasteiger partial charge in [-0.15, -0.1) is 10.2 Å². The van der Waals surface area contributed by atoms with Gasteiger partial charge in [-0.1, -0.05) is 29.5 Å². The molecule has 2 N–H and O–H groups in total. The number of rotatable bonds is 6. The molecule has 31 heavy (non-hydrogen) atoms. The predicted octanol–water partition coefficient (Wildman–Crippen LogP) is 4.28. The van der Waals surface area contributed by atoms with Crippen molar-refractivity contribution in [3.05, 3.63) is 59.9 Å². The summed E-state index contributed by atoms with van der Waals surface area (Å²) in [5.41, 5.74) is 0.410. The molecule has 2 aromatic carbocycles. The van der Waals surface area contributed by atoms with Crippen molar-refractivity contribution in [3.63, 3.8) is 0 Å². The molecule has 11 heteroatoms. The van der Waals surface area contributed by atoms with Gasteiger partial charge in [0.05, 0.1) is 17.0 Å². The largest absolute Gasteiger partial charge is 0.418 e.